The predicted octanol–water partition coefficient (Wildman–Crippen LogP) is 2.04. The number of ether oxygens (including phenoxy) is 1. The van der Waals surface area contributed by atoms with E-state index in [1.54, 1.807) is 0 Å². The molecular formula is C13H24N2OS2. The molecule has 0 aromatic heterocycles. The van der Waals surface area contributed by atoms with Crippen molar-refractivity contribution in [1.29, 1.82) is 0 Å². The molecule has 0 amide bonds. The minimum absolute atomic E-state index is 0.136. The molecule has 1 spiro atoms. The zero-order chi connectivity index (χ0) is 13.2. The zero-order valence-corrected chi connectivity index (χ0v) is 13.0. The van der Waals surface area contributed by atoms with Crippen molar-refractivity contribution in [3.05, 3.63) is 0 Å². The summed E-state index contributed by atoms with van der Waals surface area (Å²) in [6.07, 6.45) is 3.45. The smallest absolute Gasteiger partial charge is 0.0870 e. The molecular weight excluding hydrogens is 264 g/mol. The third kappa shape index (κ3) is 3.38. The van der Waals surface area contributed by atoms with E-state index < -0.39 is 0 Å². The van der Waals surface area contributed by atoms with Crippen molar-refractivity contribution in [2.75, 3.05) is 24.7 Å². The van der Waals surface area contributed by atoms with E-state index in [1.807, 2.05) is 11.8 Å². The molecule has 2 saturated heterocycles. The average molecular weight is 288 g/mol. The van der Waals surface area contributed by atoms with Crippen LogP contribution in [0, 0.1) is 0 Å². The summed E-state index contributed by atoms with van der Waals surface area (Å²) in [5.74, 6) is 2.40. The largest absolute Gasteiger partial charge is 0.392 e. The van der Waals surface area contributed by atoms with Crippen LogP contribution in [0.3, 0.4) is 0 Å². The van der Waals surface area contributed by atoms with Gasteiger partial charge in [-0.2, -0.15) is 11.8 Å². The van der Waals surface area contributed by atoms with Crippen molar-refractivity contribution in [3.8, 4) is 0 Å². The highest BCUT2D eigenvalue weighted by molar-refractivity contribution is 7.99. The third-order valence-electron chi connectivity index (χ3n) is 4.00. The van der Waals surface area contributed by atoms with Crippen LogP contribution in [0.5, 0.6) is 0 Å². The third-order valence-corrected chi connectivity index (χ3v) is 5.36. The Labute approximate surface area is 120 Å². The molecule has 2 aliphatic rings. The average Bonchev–Trinajstić information content (AvgIpc) is 2.73. The minimum Gasteiger partial charge on any atom is -0.392 e. The van der Waals surface area contributed by atoms with E-state index in [2.05, 4.69) is 18.7 Å². The number of thiocarbonyl (C=S) groups is 1. The van der Waals surface area contributed by atoms with Crippen LogP contribution in [0.15, 0.2) is 0 Å². The van der Waals surface area contributed by atoms with Gasteiger partial charge in [-0.25, -0.2) is 0 Å². The van der Waals surface area contributed by atoms with Crippen LogP contribution in [-0.2, 0) is 4.74 Å². The highest BCUT2D eigenvalue weighted by Crippen LogP contribution is 2.39. The lowest BCUT2D eigenvalue weighted by atomic mass is 9.88. The molecule has 0 saturated carbocycles. The van der Waals surface area contributed by atoms with Gasteiger partial charge < -0.3 is 10.5 Å². The maximum Gasteiger partial charge on any atom is 0.0870 e. The molecule has 2 heterocycles. The van der Waals surface area contributed by atoms with Crippen molar-refractivity contribution in [2.45, 2.75) is 50.8 Å². The van der Waals surface area contributed by atoms with Crippen molar-refractivity contribution < 1.29 is 4.74 Å². The van der Waals surface area contributed by atoms with Gasteiger partial charge in [-0.05, 0) is 38.9 Å². The fourth-order valence-corrected chi connectivity index (χ4v) is 4.59. The Hall–Kier alpha value is 0.160. The number of nitrogens with zero attached hydrogens (tertiary/aromatic N) is 1. The Morgan fingerprint density at radius 2 is 2.39 bits per heavy atom. The predicted molar refractivity (Wildman–Crippen MR) is 82.3 cm³/mol. The summed E-state index contributed by atoms with van der Waals surface area (Å²) in [7, 11) is 0. The quantitative estimate of drug-likeness (QED) is 0.802. The normalized spacial score (nSPS) is 32.6. The van der Waals surface area contributed by atoms with E-state index in [0.29, 0.717) is 17.1 Å². The van der Waals surface area contributed by atoms with Crippen molar-refractivity contribution in [3.63, 3.8) is 0 Å². The zero-order valence-electron chi connectivity index (χ0n) is 11.4. The second-order valence-electron chi connectivity index (χ2n) is 5.71. The molecule has 3 nitrogen and oxygen atoms in total. The molecule has 2 rings (SSSR count). The van der Waals surface area contributed by atoms with E-state index in [0.717, 1.165) is 31.7 Å². The Bertz CT molecular complexity index is 303. The molecule has 5 heteroatoms. The lowest BCUT2D eigenvalue weighted by Crippen LogP contribution is -2.52. The fraction of sp³-hybridized carbons (Fsp3) is 0.923. The van der Waals surface area contributed by atoms with Gasteiger partial charge in [0.05, 0.1) is 10.6 Å². The number of hydrogen-bond donors (Lipinski definition) is 1. The van der Waals surface area contributed by atoms with Crippen LogP contribution in [0.2, 0.25) is 0 Å². The summed E-state index contributed by atoms with van der Waals surface area (Å²) < 4.78 is 6.08. The van der Waals surface area contributed by atoms with Gasteiger partial charge in [-0.15, -0.1) is 0 Å². The molecule has 2 unspecified atom stereocenters. The Balaban J connectivity index is 2.03. The summed E-state index contributed by atoms with van der Waals surface area (Å²) in [4.78, 5) is 3.06. The van der Waals surface area contributed by atoms with Gasteiger partial charge in [-0.3, -0.25) is 4.90 Å². The first-order valence-corrected chi connectivity index (χ1v) is 8.34. The summed E-state index contributed by atoms with van der Waals surface area (Å²) in [5, 5.41) is 0. The van der Waals surface area contributed by atoms with Crippen LogP contribution in [0.4, 0.5) is 0 Å². The Morgan fingerprint density at radius 1 is 1.61 bits per heavy atom. The summed E-state index contributed by atoms with van der Waals surface area (Å²) >= 11 is 7.11. The van der Waals surface area contributed by atoms with E-state index >= 15 is 0 Å². The number of thioether (sulfide) groups is 1. The molecule has 2 atom stereocenters. The summed E-state index contributed by atoms with van der Waals surface area (Å²) in [6, 6.07) is 1.06. The topological polar surface area (TPSA) is 38.5 Å². The van der Waals surface area contributed by atoms with E-state index in [1.165, 1.54) is 12.2 Å². The lowest BCUT2D eigenvalue weighted by molar-refractivity contribution is -0.0912. The standard InChI is InChI=1S/C13H24N2OS2/c1-10(2)15(8-12(14)17)11-3-5-16-13(7-11)4-6-18-9-13/h10-11H,3-9H2,1-2H3,(H2,14,17). The molecule has 0 bridgehead atoms. The van der Waals surface area contributed by atoms with Gasteiger partial charge in [0.15, 0.2) is 0 Å². The minimum atomic E-state index is 0.136. The maximum absolute atomic E-state index is 6.08. The van der Waals surface area contributed by atoms with Gasteiger partial charge in [0, 0.05) is 31.0 Å². The highest BCUT2D eigenvalue weighted by atomic mass is 32.2. The van der Waals surface area contributed by atoms with Crippen LogP contribution in [-0.4, -0.2) is 52.2 Å². The SMILES string of the molecule is CC(C)N(CC(N)=S)C1CCOC2(CCSC2)C1. The molecule has 0 aromatic carbocycles. The van der Waals surface area contributed by atoms with Gasteiger partial charge in [-0.1, -0.05) is 12.2 Å². The molecule has 18 heavy (non-hydrogen) atoms. The second kappa shape index (κ2) is 6.07. The lowest BCUT2D eigenvalue weighted by Gasteiger charge is -2.44. The molecule has 0 radical (unpaired) electrons. The first kappa shape index (κ1) is 14.6. The number of rotatable bonds is 4. The second-order valence-corrected chi connectivity index (χ2v) is 7.34. The Morgan fingerprint density at radius 3 is 2.94 bits per heavy atom. The summed E-state index contributed by atoms with van der Waals surface area (Å²) in [5.41, 5.74) is 5.87. The number of hydrogen-bond acceptors (Lipinski definition) is 4. The molecule has 2 fully saturated rings. The van der Waals surface area contributed by atoms with Crippen molar-refractivity contribution in [2.24, 2.45) is 5.73 Å². The van der Waals surface area contributed by atoms with Gasteiger partial charge in [0.25, 0.3) is 0 Å². The first-order valence-electron chi connectivity index (χ1n) is 6.78. The van der Waals surface area contributed by atoms with Gasteiger partial charge in [0.2, 0.25) is 0 Å². The summed E-state index contributed by atoms with van der Waals surface area (Å²) in [6.45, 7) is 6.07. The van der Waals surface area contributed by atoms with E-state index in [9.17, 15) is 0 Å². The monoisotopic (exact) mass is 288 g/mol. The maximum atomic E-state index is 6.08. The van der Waals surface area contributed by atoms with E-state index in [4.69, 9.17) is 22.7 Å². The highest BCUT2D eigenvalue weighted by Gasteiger charge is 2.42. The Kier molecular flexibility index (Phi) is 4.92. The van der Waals surface area contributed by atoms with Crippen molar-refractivity contribution in [1.82, 2.24) is 4.90 Å². The molecule has 0 aromatic rings. The van der Waals surface area contributed by atoms with Crippen LogP contribution in [0.25, 0.3) is 0 Å². The fourth-order valence-electron chi connectivity index (χ4n) is 3.06. The van der Waals surface area contributed by atoms with E-state index in [-0.39, 0.29) is 5.60 Å². The number of nitrogens with two attached hydrogens (primary N) is 1. The van der Waals surface area contributed by atoms with Gasteiger partial charge in [0.1, 0.15) is 0 Å². The molecule has 104 valence electrons. The first-order chi connectivity index (χ1) is 8.52. The van der Waals surface area contributed by atoms with Crippen molar-refractivity contribution >= 4 is 29.0 Å². The van der Waals surface area contributed by atoms with Crippen LogP contribution < -0.4 is 5.73 Å². The molecule has 0 aliphatic carbocycles. The van der Waals surface area contributed by atoms with Crippen LogP contribution in [0.1, 0.15) is 33.1 Å². The molecule has 2 aliphatic heterocycles. The van der Waals surface area contributed by atoms with Crippen LogP contribution >= 0.6 is 24.0 Å². The molecule has 2 N–H and O–H groups in total. The van der Waals surface area contributed by atoms with Gasteiger partial charge >= 0.3 is 0 Å².